The first-order valence-corrected chi connectivity index (χ1v) is 20.7. The number of fused-ring (bicyclic) bond motifs is 12. The summed E-state index contributed by atoms with van der Waals surface area (Å²) >= 11 is 2.02. The van der Waals surface area contributed by atoms with Gasteiger partial charge in [0.1, 0.15) is 0 Å². The highest BCUT2D eigenvalue weighted by Crippen LogP contribution is 2.63. The van der Waals surface area contributed by atoms with Gasteiger partial charge in [-0.2, -0.15) is 0 Å². The second kappa shape index (κ2) is 12.4. The van der Waals surface area contributed by atoms with Crippen LogP contribution in [0.25, 0.3) is 58.8 Å². The van der Waals surface area contributed by atoms with E-state index >= 15 is 0 Å². The molecule has 55 heavy (non-hydrogen) atoms. The van der Waals surface area contributed by atoms with Crippen LogP contribution in [0.3, 0.4) is 0 Å². The van der Waals surface area contributed by atoms with Crippen molar-refractivity contribution < 1.29 is 0 Å². The molecule has 2 aliphatic rings. The summed E-state index contributed by atoms with van der Waals surface area (Å²) in [6, 6.07) is 59.1. The molecule has 0 amide bonds. The Hall–Kier alpha value is -5.70. The van der Waals surface area contributed by atoms with Crippen molar-refractivity contribution in [3.05, 3.63) is 198 Å². The van der Waals surface area contributed by atoms with Crippen LogP contribution in [0.5, 0.6) is 0 Å². The van der Waals surface area contributed by atoms with Crippen LogP contribution in [0, 0.1) is 5.41 Å². The highest BCUT2D eigenvalue weighted by Gasteiger charge is 2.49. The van der Waals surface area contributed by atoms with Crippen molar-refractivity contribution in [3.8, 4) is 16.8 Å². The SMILES string of the molecule is CC(c1cccc(-n2c3ccccc3c3ccccc32)c1)C(Cc1ccc(-c2ccccc2)cc1)c1cccc2sc3c4c(ccc3c12)C1C=CC4C1(C)C. The monoisotopic (exact) mass is 725 g/mol. The predicted molar refractivity (Wildman–Crippen MR) is 235 cm³/mol. The van der Waals surface area contributed by atoms with Gasteiger partial charge in [-0.15, -0.1) is 11.3 Å². The van der Waals surface area contributed by atoms with Crippen molar-refractivity contribution in [1.29, 1.82) is 0 Å². The fourth-order valence-electron chi connectivity index (χ4n) is 10.4. The van der Waals surface area contributed by atoms with E-state index in [0.717, 1.165) is 6.42 Å². The third-order valence-electron chi connectivity index (χ3n) is 13.3. The number of rotatable bonds is 7. The fraction of sp³-hybridized carbons (Fsp3) is 0.170. The van der Waals surface area contributed by atoms with Crippen LogP contribution >= 0.6 is 11.3 Å². The standard InChI is InChI=1S/C53H43NS/c1-33(37-15-11-16-38(32-37)54-47-20-9-7-17-39(47)40-18-8-10-21-48(40)54)44(31-34-23-25-36(26-24-34)35-13-5-4-6-14-35)41-19-12-22-49-50(41)43-28-27-42-45-29-30-46(53(45,2)3)51(42)52(43)55-49/h4-30,32-33,44-46H,31H2,1-3H3. The Bertz CT molecular complexity index is 2900. The van der Waals surface area contributed by atoms with Crippen molar-refractivity contribution in [3.63, 3.8) is 0 Å². The number of nitrogens with zero attached hydrogens (tertiary/aromatic N) is 1. The number of allylic oxidation sites excluding steroid dienone is 2. The van der Waals surface area contributed by atoms with Crippen molar-refractivity contribution >= 4 is 53.3 Å². The normalized spacial score (nSPS) is 18.1. The lowest BCUT2D eigenvalue weighted by Gasteiger charge is -2.27. The van der Waals surface area contributed by atoms with Crippen LogP contribution in [0.2, 0.25) is 0 Å². The average Bonchev–Trinajstić information content (AvgIpc) is 3.94. The number of hydrogen-bond donors (Lipinski definition) is 0. The summed E-state index contributed by atoms with van der Waals surface area (Å²) in [6.07, 6.45) is 5.91. The molecule has 0 radical (unpaired) electrons. The lowest BCUT2D eigenvalue weighted by atomic mass is 9.77. The Balaban J connectivity index is 1.06. The molecule has 0 saturated heterocycles. The van der Waals surface area contributed by atoms with Crippen molar-refractivity contribution in [1.82, 2.24) is 4.57 Å². The molecule has 0 aliphatic heterocycles. The predicted octanol–water partition coefficient (Wildman–Crippen LogP) is 14.7. The van der Waals surface area contributed by atoms with Gasteiger partial charge in [-0.3, -0.25) is 0 Å². The van der Waals surface area contributed by atoms with Gasteiger partial charge in [-0.05, 0) is 92.9 Å². The van der Waals surface area contributed by atoms with Gasteiger partial charge in [0.15, 0.2) is 0 Å². The molecule has 2 aliphatic carbocycles. The first-order valence-electron chi connectivity index (χ1n) is 19.8. The molecular formula is C53H43NS. The average molecular weight is 726 g/mol. The number of para-hydroxylation sites is 2. The van der Waals surface area contributed by atoms with E-state index in [1.165, 1.54) is 75.5 Å². The zero-order valence-electron chi connectivity index (χ0n) is 31.5. The van der Waals surface area contributed by atoms with Gasteiger partial charge < -0.3 is 4.57 Å². The number of benzene rings is 7. The highest BCUT2D eigenvalue weighted by atomic mass is 32.1. The van der Waals surface area contributed by atoms with Gasteiger partial charge >= 0.3 is 0 Å². The van der Waals surface area contributed by atoms with E-state index in [0.29, 0.717) is 11.8 Å². The molecule has 4 unspecified atom stereocenters. The molecular weight excluding hydrogens is 683 g/mol. The Kier molecular flexibility index (Phi) is 7.38. The van der Waals surface area contributed by atoms with Crippen LogP contribution in [0.15, 0.2) is 170 Å². The zero-order valence-corrected chi connectivity index (χ0v) is 32.4. The summed E-state index contributed by atoms with van der Waals surface area (Å²) < 4.78 is 5.35. The molecule has 2 heterocycles. The maximum absolute atomic E-state index is 2.49. The quantitative estimate of drug-likeness (QED) is 0.144. The Morgan fingerprint density at radius 2 is 1.29 bits per heavy atom. The van der Waals surface area contributed by atoms with Gasteiger partial charge in [0, 0.05) is 48.5 Å². The molecule has 2 bridgehead atoms. The maximum atomic E-state index is 2.49. The fourth-order valence-corrected chi connectivity index (χ4v) is 11.7. The van der Waals surface area contributed by atoms with Gasteiger partial charge in [0.05, 0.1) is 11.0 Å². The molecule has 9 aromatic rings. The second-order valence-corrected chi connectivity index (χ2v) is 17.6. The summed E-state index contributed by atoms with van der Waals surface area (Å²) in [4.78, 5) is 0. The Labute approximate surface area is 327 Å². The topological polar surface area (TPSA) is 4.93 Å². The van der Waals surface area contributed by atoms with Gasteiger partial charge in [-0.1, -0.05) is 160 Å². The smallest absolute Gasteiger partial charge is 0.0541 e. The Morgan fingerprint density at radius 1 is 0.618 bits per heavy atom. The minimum atomic E-state index is 0.236. The molecule has 0 fully saturated rings. The minimum Gasteiger partial charge on any atom is -0.309 e. The number of hydrogen-bond acceptors (Lipinski definition) is 1. The van der Waals surface area contributed by atoms with Crippen LogP contribution in [0.1, 0.15) is 72.3 Å². The molecule has 0 N–H and O–H groups in total. The molecule has 1 nitrogen and oxygen atoms in total. The van der Waals surface area contributed by atoms with E-state index in [2.05, 4.69) is 195 Å². The molecule has 266 valence electrons. The molecule has 0 saturated carbocycles. The summed E-state index contributed by atoms with van der Waals surface area (Å²) in [5.41, 5.74) is 13.8. The first kappa shape index (κ1) is 32.7. The van der Waals surface area contributed by atoms with E-state index in [4.69, 9.17) is 0 Å². The molecule has 7 aromatic carbocycles. The number of thiophene rings is 1. The van der Waals surface area contributed by atoms with E-state index in [-0.39, 0.29) is 17.3 Å². The van der Waals surface area contributed by atoms with Crippen molar-refractivity contribution in [2.24, 2.45) is 5.41 Å². The van der Waals surface area contributed by atoms with Crippen molar-refractivity contribution in [2.45, 2.75) is 50.9 Å². The second-order valence-electron chi connectivity index (χ2n) is 16.6. The molecule has 0 spiro atoms. The van der Waals surface area contributed by atoms with Crippen LogP contribution in [0.4, 0.5) is 0 Å². The molecule has 4 atom stereocenters. The molecule has 2 aromatic heterocycles. The van der Waals surface area contributed by atoms with E-state index in [9.17, 15) is 0 Å². The van der Waals surface area contributed by atoms with Gasteiger partial charge in [-0.25, -0.2) is 0 Å². The summed E-state index contributed by atoms with van der Waals surface area (Å²) in [5, 5.41) is 5.47. The summed E-state index contributed by atoms with van der Waals surface area (Å²) in [5.74, 6) is 1.51. The van der Waals surface area contributed by atoms with E-state index in [1.807, 2.05) is 11.3 Å². The van der Waals surface area contributed by atoms with Crippen LogP contribution in [-0.4, -0.2) is 4.57 Å². The van der Waals surface area contributed by atoms with Gasteiger partial charge in [0.25, 0.3) is 0 Å². The van der Waals surface area contributed by atoms with Gasteiger partial charge in [0.2, 0.25) is 0 Å². The Morgan fingerprint density at radius 3 is 2.05 bits per heavy atom. The van der Waals surface area contributed by atoms with Crippen molar-refractivity contribution in [2.75, 3.05) is 0 Å². The summed E-state index contributed by atoms with van der Waals surface area (Å²) in [6.45, 7) is 7.38. The van der Waals surface area contributed by atoms with E-state index < -0.39 is 0 Å². The third kappa shape index (κ3) is 4.97. The van der Waals surface area contributed by atoms with Crippen LogP contribution < -0.4 is 0 Å². The summed E-state index contributed by atoms with van der Waals surface area (Å²) in [7, 11) is 0. The molecule has 11 rings (SSSR count). The highest BCUT2D eigenvalue weighted by molar-refractivity contribution is 7.26. The third-order valence-corrected chi connectivity index (χ3v) is 14.5. The molecule has 2 heteroatoms. The number of aromatic nitrogens is 1. The largest absolute Gasteiger partial charge is 0.309 e. The van der Waals surface area contributed by atoms with Crippen LogP contribution in [-0.2, 0) is 6.42 Å². The maximum Gasteiger partial charge on any atom is 0.0541 e. The first-order chi connectivity index (χ1) is 27.0. The van der Waals surface area contributed by atoms with E-state index in [1.54, 1.807) is 11.1 Å². The lowest BCUT2D eigenvalue weighted by Crippen LogP contribution is -2.14. The minimum absolute atomic E-state index is 0.236. The lowest BCUT2D eigenvalue weighted by molar-refractivity contribution is 0.344. The zero-order chi connectivity index (χ0) is 36.8.